The number of fused-ring (bicyclic) bond motifs is 1. The van der Waals surface area contributed by atoms with Crippen molar-refractivity contribution in [1.82, 2.24) is 4.57 Å². The first-order valence-electron chi connectivity index (χ1n) is 13.2. The Bertz CT molecular complexity index is 1840. The molecule has 42 heavy (non-hydrogen) atoms. The summed E-state index contributed by atoms with van der Waals surface area (Å²) in [5, 5.41) is 0. The van der Waals surface area contributed by atoms with E-state index in [1.807, 2.05) is 12.1 Å². The van der Waals surface area contributed by atoms with Gasteiger partial charge in [0.2, 0.25) is 0 Å². The van der Waals surface area contributed by atoms with Gasteiger partial charge in [0, 0.05) is 17.2 Å². The second-order valence-corrected chi connectivity index (χ2v) is 10.4. The van der Waals surface area contributed by atoms with E-state index >= 15 is 0 Å². The fourth-order valence-corrected chi connectivity index (χ4v) is 5.76. The Balaban J connectivity index is 1.54. The molecular formula is C32H29FN2O6S. The van der Waals surface area contributed by atoms with Crippen LogP contribution in [0.15, 0.2) is 87.8 Å². The van der Waals surface area contributed by atoms with Gasteiger partial charge in [-0.25, -0.2) is 14.2 Å². The lowest BCUT2D eigenvalue weighted by Gasteiger charge is -2.26. The minimum absolute atomic E-state index is 0.0988. The van der Waals surface area contributed by atoms with Crippen LogP contribution in [0.1, 0.15) is 36.6 Å². The van der Waals surface area contributed by atoms with E-state index in [-0.39, 0.29) is 30.2 Å². The number of allylic oxidation sites excluding steroid dienone is 1. The molecule has 0 radical (unpaired) electrons. The molecule has 0 saturated carbocycles. The Hall–Kier alpha value is -4.70. The Kier molecular flexibility index (Phi) is 8.53. The van der Waals surface area contributed by atoms with Crippen molar-refractivity contribution in [2.24, 2.45) is 4.99 Å². The molecule has 1 aliphatic heterocycles. The number of carbonyl (C=O) groups is 1. The summed E-state index contributed by atoms with van der Waals surface area (Å²) in [5.41, 5.74) is 2.23. The van der Waals surface area contributed by atoms with E-state index in [2.05, 4.69) is 4.99 Å². The quantitative estimate of drug-likeness (QED) is 0.267. The topological polar surface area (TPSA) is 88.4 Å². The maximum atomic E-state index is 13.9. The molecule has 0 amide bonds. The highest BCUT2D eigenvalue weighted by molar-refractivity contribution is 7.07. The first-order chi connectivity index (χ1) is 20.3. The number of aromatic nitrogens is 1. The highest BCUT2D eigenvalue weighted by atomic mass is 32.1. The highest BCUT2D eigenvalue weighted by Crippen LogP contribution is 2.37. The molecule has 10 heteroatoms. The van der Waals surface area contributed by atoms with Crippen molar-refractivity contribution in [2.45, 2.75) is 26.5 Å². The van der Waals surface area contributed by atoms with Gasteiger partial charge in [-0.1, -0.05) is 41.7 Å². The van der Waals surface area contributed by atoms with Gasteiger partial charge in [0.05, 0.1) is 36.6 Å². The summed E-state index contributed by atoms with van der Waals surface area (Å²) in [6.45, 7) is 3.72. The summed E-state index contributed by atoms with van der Waals surface area (Å²) in [6.07, 6.45) is 1.76. The molecule has 1 atom stereocenters. The summed E-state index contributed by atoms with van der Waals surface area (Å²) in [5.74, 6) is 0.718. The van der Waals surface area contributed by atoms with Crippen LogP contribution in [0.4, 0.5) is 4.39 Å². The Morgan fingerprint density at radius 1 is 1.05 bits per heavy atom. The molecule has 0 N–H and O–H groups in total. The molecule has 0 fully saturated rings. The van der Waals surface area contributed by atoms with Gasteiger partial charge in [-0.05, 0) is 55.8 Å². The molecule has 1 unspecified atom stereocenters. The number of rotatable bonds is 9. The number of carbonyl (C=O) groups excluding carboxylic acids is 1. The van der Waals surface area contributed by atoms with Gasteiger partial charge < -0.3 is 18.9 Å². The minimum Gasteiger partial charge on any atom is -0.497 e. The molecule has 4 aromatic rings. The van der Waals surface area contributed by atoms with E-state index < -0.39 is 12.0 Å². The van der Waals surface area contributed by atoms with E-state index in [9.17, 15) is 14.0 Å². The average molecular weight is 589 g/mol. The third-order valence-corrected chi connectivity index (χ3v) is 7.77. The van der Waals surface area contributed by atoms with Crippen LogP contribution in [0.3, 0.4) is 0 Å². The molecule has 216 valence electrons. The van der Waals surface area contributed by atoms with E-state index in [4.69, 9.17) is 18.9 Å². The Morgan fingerprint density at radius 3 is 2.48 bits per heavy atom. The van der Waals surface area contributed by atoms with Gasteiger partial charge in [0.15, 0.2) is 4.80 Å². The maximum absolute atomic E-state index is 13.9. The van der Waals surface area contributed by atoms with Crippen molar-refractivity contribution in [3.05, 3.63) is 120 Å². The summed E-state index contributed by atoms with van der Waals surface area (Å²) in [6, 6.07) is 18.0. The van der Waals surface area contributed by atoms with E-state index in [1.54, 1.807) is 75.6 Å². The number of esters is 1. The molecule has 1 aromatic heterocycles. The highest BCUT2D eigenvalue weighted by Gasteiger charge is 2.35. The molecule has 0 bridgehead atoms. The zero-order valence-corrected chi connectivity index (χ0v) is 24.4. The molecule has 8 nitrogen and oxygen atoms in total. The number of ether oxygens (including phenoxy) is 4. The van der Waals surface area contributed by atoms with E-state index in [0.29, 0.717) is 43.4 Å². The van der Waals surface area contributed by atoms with E-state index in [0.717, 1.165) is 5.56 Å². The Morgan fingerprint density at radius 2 is 1.79 bits per heavy atom. The minimum atomic E-state index is -0.822. The molecular weight excluding hydrogens is 559 g/mol. The molecule has 2 heterocycles. The fraction of sp³-hybridized carbons (Fsp3) is 0.219. The SMILES string of the molecule is CCOC(=O)C1=C(C)N=c2s/c(=C/c3ccc(OCc4ccccc4F)cc3)c(=O)n2C1c1ccc(OC)cc1OC. The summed E-state index contributed by atoms with van der Waals surface area (Å²) in [7, 11) is 3.07. The maximum Gasteiger partial charge on any atom is 0.338 e. The fourth-order valence-electron chi connectivity index (χ4n) is 4.72. The van der Waals surface area contributed by atoms with Crippen molar-refractivity contribution in [3.8, 4) is 17.2 Å². The average Bonchev–Trinajstić information content (AvgIpc) is 3.30. The molecule has 0 aliphatic carbocycles. The lowest BCUT2D eigenvalue weighted by Crippen LogP contribution is -2.40. The number of thiazole rings is 1. The van der Waals surface area contributed by atoms with Crippen LogP contribution in [0.5, 0.6) is 17.2 Å². The predicted octanol–water partition coefficient (Wildman–Crippen LogP) is 4.53. The van der Waals surface area contributed by atoms with Gasteiger partial charge >= 0.3 is 5.97 Å². The number of hydrogen-bond acceptors (Lipinski definition) is 8. The molecule has 3 aromatic carbocycles. The van der Waals surface area contributed by atoms with Crippen LogP contribution in [0.2, 0.25) is 0 Å². The van der Waals surface area contributed by atoms with Crippen LogP contribution < -0.4 is 29.1 Å². The second kappa shape index (κ2) is 12.4. The summed E-state index contributed by atoms with van der Waals surface area (Å²) >= 11 is 1.22. The van der Waals surface area contributed by atoms with Gasteiger partial charge in [0.25, 0.3) is 5.56 Å². The van der Waals surface area contributed by atoms with Crippen LogP contribution in [0, 0.1) is 5.82 Å². The van der Waals surface area contributed by atoms with Crippen molar-refractivity contribution in [1.29, 1.82) is 0 Å². The largest absolute Gasteiger partial charge is 0.497 e. The summed E-state index contributed by atoms with van der Waals surface area (Å²) < 4.78 is 38.0. The number of nitrogens with zero attached hydrogens (tertiary/aromatic N) is 2. The first kappa shape index (κ1) is 28.8. The standard InChI is InChI=1S/C32H29FN2O6S/c1-5-40-31(37)28-19(2)34-32-35(29(28)24-15-14-23(38-3)17-26(24)39-4)30(36)27(42-32)16-20-10-12-22(13-11-20)41-18-21-8-6-7-9-25(21)33/h6-17,29H,5,18H2,1-4H3/b27-16+. The van der Waals surface area contributed by atoms with Gasteiger partial charge in [-0.15, -0.1) is 0 Å². The lowest BCUT2D eigenvalue weighted by molar-refractivity contribution is -0.139. The van der Waals surface area contributed by atoms with Crippen LogP contribution in [-0.2, 0) is 16.1 Å². The lowest BCUT2D eigenvalue weighted by atomic mass is 9.95. The van der Waals surface area contributed by atoms with Gasteiger partial charge in [-0.2, -0.15) is 0 Å². The van der Waals surface area contributed by atoms with Crippen LogP contribution >= 0.6 is 11.3 Å². The second-order valence-electron chi connectivity index (χ2n) is 9.36. The third kappa shape index (κ3) is 5.71. The third-order valence-electron chi connectivity index (χ3n) is 6.78. The zero-order valence-electron chi connectivity index (χ0n) is 23.5. The van der Waals surface area contributed by atoms with Crippen molar-refractivity contribution >= 4 is 23.4 Å². The number of benzene rings is 3. The molecule has 0 spiro atoms. The molecule has 1 aliphatic rings. The van der Waals surface area contributed by atoms with Crippen molar-refractivity contribution < 1.29 is 28.1 Å². The summed E-state index contributed by atoms with van der Waals surface area (Å²) in [4.78, 5) is 32.1. The number of hydrogen-bond donors (Lipinski definition) is 0. The predicted molar refractivity (Wildman–Crippen MR) is 157 cm³/mol. The number of halogens is 1. The zero-order chi connectivity index (χ0) is 29.8. The monoisotopic (exact) mass is 588 g/mol. The van der Waals surface area contributed by atoms with Crippen LogP contribution in [0.25, 0.3) is 6.08 Å². The number of methoxy groups -OCH3 is 2. The first-order valence-corrected chi connectivity index (χ1v) is 14.0. The molecule has 5 rings (SSSR count). The van der Waals surface area contributed by atoms with Crippen LogP contribution in [-0.4, -0.2) is 31.4 Å². The normalized spacial score (nSPS) is 14.7. The van der Waals surface area contributed by atoms with Crippen molar-refractivity contribution in [2.75, 3.05) is 20.8 Å². The van der Waals surface area contributed by atoms with Gasteiger partial charge in [-0.3, -0.25) is 9.36 Å². The van der Waals surface area contributed by atoms with Gasteiger partial charge in [0.1, 0.15) is 35.7 Å². The van der Waals surface area contributed by atoms with E-state index in [1.165, 1.54) is 29.1 Å². The van der Waals surface area contributed by atoms with Crippen molar-refractivity contribution in [3.63, 3.8) is 0 Å². The Labute approximate surface area is 245 Å². The smallest absolute Gasteiger partial charge is 0.338 e. The molecule has 0 saturated heterocycles.